The van der Waals surface area contributed by atoms with Gasteiger partial charge in [-0.2, -0.15) is 0 Å². The Labute approximate surface area is 115 Å². The molecule has 1 unspecified atom stereocenters. The zero-order valence-electron chi connectivity index (χ0n) is 10.6. The van der Waals surface area contributed by atoms with E-state index in [0.29, 0.717) is 5.56 Å². The van der Waals surface area contributed by atoms with Gasteiger partial charge in [-0.3, -0.25) is 10.1 Å². The minimum atomic E-state index is -1.04. The molecule has 0 bridgehead atoms. The maximum atomic E-state index is 12.8. The fourth-order valence-corrected chi connectivity index (χ4v) is 1.87. The molecule has 3 N–H and O–H groups in total. The zero-order chi connectivity index (χ0) is 14.5. The summed E-state index contributed by atoms with van der Waals surface area (Å²) in [5, 5.41) is 21.5. The Kier molecular flexibility index (Phi) is 4.32. The monoisotopic (exact) mass is 275 g/mol. The van der Waals surface area contributed by atoms with Crippen molar-refractivity contribution >= 4 is 5.97 Å². The molecule has 0 saturated carbocycles. The molecule has 0 radical (unpaired) electrons. The Balaban J connectivity index is 2.10. The summed E-state index contributed by atoms with van der Waals surface area (Å²) >= 11 is 0. The Morgan fingerprint density at radius 2 is 1.90 bits per heavy atom. The maximum absolute atomic E-state index is 12.8. The predicted molar refractivity (Wildman–Crippen MR) is 71.7 cm³/mol. The molecule has 0 aliphatic heterocycles. The number of aliphatic carboxylic acids is 1. The standard InChI is InChI=1S/C15H14FNO3/c16-12-6-4-10(5-7-12)9-17-14(15(19)20)11-2-1-3-13(18)8-11/h1-8,14,17-18H,9H2,(H,19,20). The van der Waals surface area contributed by atoms with Crippen LogP contribution in [0.3, 0.4) is 0 Å². The van der Waals surface area contributed by atoms with Gasteiger partial charge in [-0.15, -0.1) is 0 Å². The lowest BCUT2D eigenvalue weighted by atomic mass is 10.1. The Bertz CT molecular complexity index is 598. The third-order valence-electron chi connectivity index (χ3n) is 2.87. The van der Waals surface area contributed by atoms with Crippen LogP contribution in [0.25, 0.3) is 0 Å². The van der Waals surface area contributed by atoms with E-state index in [9.17, 15) is 19.4 Å². The quantitative estimate of drug-likeness (QED) is 0.784. The average Bonchev–Trinajstić information content (AvgIpc) is 2.41. The molecule has 0 spiro atoms. The lowest BCUT2D eigenvalue weighted by Gasteiger charge is -2.15. The van der Waals surface area contributed by atoms with Gasteiger partial charge in [0.15, 0.2) is 0 Å². The van der Waals surface area contributed by atoms with Gasteiger partial charge >= 0.3 is 5.97 Å². The van der Waals surface area contributed by atoms with Crippen LogP contribution in [0.2, 0.25) is 0 Å². The number of hydrogen-bond donors (Lipinski definition) is 3. The lowest BCUT2D eigenvalue weighted by Crippen LogP contribution is -2.28. The minimum absolute atomic E-state index is 0.0114. The van der Waals surface area contributed by atoms with Crippen molar-refractivity contribution in [2.45, 2.75) is 12.6 Å². The van der Waals surface area contributed by atoms with Gasteiger partial charge in [0.1, 0.15) is 17.6 Å². The summed E-state index contributed by atoms with van der Waals surface area (Å²) in [7, 11) is 0. The molecule has 0 amide bonds. The smallest absolute Gasteiger partial charge is 0.325 e. The summed E-state index contributed by atoms with van der Waals surface area (Å²) in [6, 6.07) is 11.0. The van der Waals surface area contributed by atoms with Crippen molar-refractivity contribution < 1.29 is 19.4 Å². The lowest BCUT2D eigenvalue weighted by molar-refractivity contribution is -0.139. The van der Waals surface area contributed by atoms with Crippen LogP contribution in [-0.4, -0.2) is 16.2 Å². The molecule has 0 aliphatic carbocycles. The topological polar surface area (TPSA) is 69.6 Å². The van der Waals surface area contributed by atoms with Gasteiger partial charge < -0.3 is 10.2 Å². The van der Waals surface area contributed by atoms with Gasteiger partial charge in [0, 0.05) is 6.54 Å². The van der Waals surface area contributed by atoms with Crippen LogP contribution < -0.4 is 5.32 Å². The fraction of sp³-hybridized carbons (Fsp3) is 0.133. The van der Waals surface area contributed by atoms with Gasteiger partial charge in [0.2, 0.25) is 0 Å². The maximum Gasteiger partial charge on any atom is 0.325 e. The molecule has 0 heterocycles. The molecule has 5 heteroatoms. The van der Waals surface area contributed by atoms with E-state index >= 15 is 0 Å². The van der Waals surface area contributed by atoms with E-state index in [0.717, 1.165) is 5.56 Å². The number of rotatable bonds is 5. The number of aromatic hydroxyl groups is 1. The van der Waals surface area contributed by atoms with E-state index in [2.05, 4.69) is 5.32 Å². The molecule has 2 rings (SSSR count). The first kappa shape index (κ1) is 14.0. The molecule has 0 aliphatic rings. The van der Waals surface area contributed by atoms with E-state index in [4.69, 9.17) is 0 Å². The highest BCUT2D eigenvalue weighted by Crippen LogP contribution is 2.19. The number of carboxylic acid groups (broad SMARTS) is 1. The van der Waals surface area contributed by atoms with Gasteiger partial charge in [-0.05, 0) is 35.4 Å². The van der Waals surface area contributed by atoms with Crippen molar-refractivity contribution in [3.05, 3.63) is 65.5 Å². The molecule has 0 saturated heterocycles. The fourth-order valence-electron chi connectivity index (χ4n) is 1.87. The van der Waals surface area contributed by atoms with Gasteiger partial charge in [0.05, 0.1) is 0 Å². The highest BCUT2D eigenvalue weighted by Gasteiger charge is 2.19. The van der Waals surface area contributed by atoms with Crippen LogP contribution in [0.4, 0.5) is 4.39 Å². The summed E-state index contributed by atoms with van der Waals surface area (Å²) in [5.41, 5.74) is 1.23. The van der Waals surface area contributed by atoms with Crippen molar-refractivity contribution in [2.24, 2.45) is 0 Å². The van der Waals surface area contributed by atoms with Crippen molar-refractivity contribution in [3.63, 3.8) is 0 Å². The summed E-state index contributed by atoms with van der Waals surface area (Å²) in [6.45, 7) is 0.285. The third kappa shape index (κ3) is 3.55. The van der Waals surface area contributed by atoms with Gasteiger partial charge in [-0.1, -0.05) is 24.3 Å². The van der Waals surface area contributed by atoms with E-state index in [1.54, 1.807) is 24.3 Å². The van der Waals surface area contributed by atoms with E-state index in [1.807, 2.05) is 0 Å². The number of halogens is 1. The highest BCUT2D eigenvalue weighted by atomic mass is 19.1. The van der Waals surface area contributed by atoms with Crippen LogP contribution >= 0.6 is 0 Å². The second kappa shape index (κ2) is 6.16. The molecule has 104 valence electrons. The molecule has 0 aromatic heterocycles. The van der Waals surface area contributed by atoms with Gasteiger partial charge in [0.25, 0.3) is 0 Å². The molecule has 2 aromatic carbocycles. The minimum Gasteiger partial charge on any atom is -0.508 e. The summed E-state index contributed by atoms with van der Waals surface area (Å²) in [5.74, 6) is -1.37. The summed E-state index contributed by atoms with van der Waals surface area (Å²) in [4.78, 5) is 11.3. The normalized spacial score (nSPS) is 12.1. The zero-order valence-corrected chi connectivity index (χ0v) is 10.6. The second-order valence-electron chi connectivity index (χ2n) is 4.37. The first-order chi connectivity index (χ1) is 9.56. The van der Waals surface area contributed by atoms with Crippen molar-refractivity contribution in [3.8, 4) is 5.75 Å². The molecule has 4 nitrogen and oxygen atoms in total. The number of phenols is 1. The van der Waals surface area contributed by atoms with E-state index in [-0.39, 0.29) is 18.1 Å². The summed E-state index contributed by atoms with van der Waals surface area (Å²) < 4.78 is 12.8. The van der Waals surface area contributed by atoms with Crippen LogP contribution in [0, 0.1) is 5.82 Å². The average molecular weight is 275 g/mol. The van der Waals surface area contributed by atoms with Crippen LogP contribution in [0.5, 0.6) is 5.75 Å². The Morgan fingerprint density at radius 3 is 2.50 bits per heavy atom. The number of phenolic OH excluding ortho intramolecular Hbond substituents is 1. The van der Waals surface area contributed by atoms with E-state index in [1.165, 1.54) is 24.3 Å². The number of nitrogens with one attached hydrogen (secondary N) is 1. The first-order valence-corrected chi connectivity index (χ1v) is 6.06. The van der Waals surface area contributed by atoms with E-state index < -0.39 is 12.0 Å². The number of hydrogen-bond acceptors (Lipinski definition) is 3. The van der Waals surface area contributed by atoms with Crippen molar-refractivity contribution in [2.75, 3.05) is 0 Å². The van der Waals surface area contributed by atoms with Gasteiger partial charge in [-0.25, -0.2) is 4.39 Å². The largest absolute Gasteiger partial charge is 0.508 e. The molecular weight excluding hydrogens is 261 g/mol. The Morgan fingerprint density at radius 1 is 1.20 bits per heavy atom. The third-order valence-corrected chi connectivity index (χ3v) is 2.87. The number of carboxylic acids is 1. The van der Waals surface area contributed by atoms with Crippen LogP contribution in [-0.2, 0) is 11.3 Å². The van der Waals surface area contributed by atoms with Crippen molar-refractivity contribution in [1.82, 2.24) is 5.32 Å². The first-order valence-electron chi connectivity index (χ1n) is 6.06. The highest BCUT2D eigenvalue weighted by molar-refractivity contribution is 5.75. The van der Waals surface area contributed by atoms with Crippen molar-refractivity contribution in [1.29, 1.82) is 0 Å². The SMILES string of the molecule is O=C(O)C(NCc1ccc(F)cc1)c1cccc(O)c1. The predicted octanol–water partition coefficient (Wildman–Crippen LogP) is 2.45. The van der Waals surface area contributed by atoms with Crippen LogP contribution in [0.15, 0.2) is 48.5 Å². The molecule has 1 atom stereocenters. The van der Waals surface area contributed by atoms with Crippen LogP contribution in [0.1, 0.15) is 17.2 Å². The molecule has 20 heavy (non-hydrogen) atoms. The molecule has 2 aromatic rings. The molecular formula is C15H14FNO3. The number of benzene rings is 2. The number of carbonyl (C=O) groups is 1. The molecule has 0 fully saturated rings. The Hall–Kier alpha value is -2.40. The summed E-state index contributed by atoms with van der Waals surface area (Å²) in [6.07, 6.45) is 0. The second-order valence-corrected chi connectivity index (χ2v) is 4.37.